The van der Waals surface area contributed by atoms with Crippen LogP contribution in [0.2, 0.25) is 0 Å². The molecule has 0 amide bonds. The summed E-state index contributed by atoms with van der Waals surface area (Å²) in [5.41, 5.74) is 12.6. The van der Waals surface area contributed by atoms with Gasteiger partial charge in [0.2, 0.25) is 0 Å². The lowest BCUT2D eigenvalue weighted by molar-refractivity contribution is 1.13. The van der Waals surface area contributed by atoms with Crippen LogP contribution in [0, 0.1) is 13.8 Å². The van der Waals surface area contributed by atoms with E-state index in [0.717, 1.165) is 28.4 Å². The number of hydrogen-bond donors (Lipinski definition) is 1. The average molecular weight is 294 g/mol. The third kappa shape index (κ3) is 3.31. The molecule has 2 aromatic carbocycles. The zero-order valence-corrected chi connectivity index (χ0v) is 13.1. The number of hydrogen-bond acceptors (Lipinski definition) is 3. The molecule has 3 heteroatoms. The standard InChI is InChI=1S/C18H18N2S/c1-12-7-13(2)9-14(8-12)10-18-20-17(11-21-18)15-3-5-16(19)6-4-15/h3-9,11H,10,19H2,1-2H3. The molecule has 1 heterocycles. The van der Waals surface area contributed by atoms with E-state index < -0.39 is 0 Å². The molecule has 21 heavy (non-hydrogen) atoms. The first-order valence-electron chi connectivity index (χ1n) is 6.97. The molecule has 0 aliphatic rings. The van der Waals surface area contributed by atoms with E-state index in [1.54, 1.807) is 11.3 Å². The zero-order valence-electron chi connectivity index (χ0n) is 12.3. The fourth-order valence-corrected chi connectivity index (χ4v) is 3.36. The van der Waals surface area contributed by atoms with Gasteiger partial charge < -0.3 is 5.73 Å². The highest BCUT2D eigenvalue weighted by atomic mass is 32.1. The molecule has 3 rings (SSSR count). The fraction of sp³-hybridized carbons (Fsp3) is 0.167. The number of nitrogen functional groups attached to an aromatic ring is 1. The van der Waals surface area contributed by atoms with E-state index in [4.69, 9.17) is 10.7 Å². The van der Waals surface area contributed by atoms with Crippen molar-refractivity contribution in [3.8, 4) is 11.3 Å². The zero-order chi connectivity index (χ0) is 14.8. The normalized spacial score (nSPS) is 10.8. The molecule has 0 aliphatic heterocycles. The predicted octanol–water partition coefficient (Wildman–Crippen LogP) is 4.60. The SMILES string of the molecule is Cc1cc(C)cc(Cc2nc(-c3ccc(N)cc3)cs2)c1. The smallest absolute Gasteiger partial charge is 0.0976 e. The van der Waals surface area contributed by atoms with Crippen molar-refractivity contribution < 1.29 is 0 Å². The lowest BCUT2D eigenvalue weighted by Crippen LogP contribution is -1.90. The summed E-state index contributed by atoms with van der Waals surface area (Å²) in [5.74, 6) is 0. The molecule has 0 spiro atoms. The molecular weight excluding hydrogens is 276 g/mol. The van der Waals surface area contributed by atoms with Gasteiger partial charge >= 0.3 is 0 Å². The van der Waals surface area contributed by atoms with Gasteiger partial charge in [0.1, 0.15) is 0 Å². The van der Waals surface area contributed by atoms with E-state index in [1.165, 1.54) is 16.7 Å². The van der Waals surface area contributed by atoms with Crippen LogP contribution < -0.4 is 5.73 Å². The maximum atomic E-state index is 5.72. The summed E-state index contributed by atoms with van der Waals surface area (Å²) in [6.07, 6.45) is 0.891. The first kappa shape index (κ1) is 13.8. The van der Waals surface area contributed by atoms with Crippen molar-refractivity contribution in [2.45, 2.75) is 20.3 Å². The Labute approximate surface area is 129 Å². The number of thiazole rings is 1. The van der Waals surface area contributed by atoms with Gasteiger partial charge in [-0.3, -0.25) is 0 Å². The summed E-state index contributed by atoms with van der Waals surface area (Å²) in [6, 6.07) is 14.5. The maximum absolute atomic E-state index is 5.72. The molecule has 0 radical (unpaired) electrons. The Morgan fingerprint density at radius 3 is 2.33 bits per heavy atom. The van der Waals surface area contributed by atoms with Crippen LogP contribution in [0.5, 0.6) is 0 Å². The Morgan fingerprint density at radius 1 is 1.00 bits per heavy atom. The second-order valence-corrected chi connectivity index (χ2v) is 6.36. The summed E-state index contributed by atoms with van der Waals surface area (Å²) in [7, 11) is 0. The minimum absolute atomic E-state index is 0.782. The van der Waals surface area contributed by atoms with E-state index in [9.17, 15) is 0 Å². The van der Waals surface area contributed by atoms with Crippen molar-refractivity contribution in [1.82, 2.24) is 4.98 Å². The van der Waals surface area contributed by atoms with Gasteiger partial charge in [-0.05, 0) is 31.5 Å². The number of nitrogens with two attached hydrogens (primary N) is 1. The average Bonchev–Trinajstić information content (AvgIpc) is 2.87. The van der Waals surface area contributed by atoms with E-state index >= 15 is 0 Å². The third-order valence-electron chi connectivity index (χ3n) is 3.40. The highest BCUT2D eigenvalue weighted by Crippen LogP contribution is 2.24. The second kappa shape index (κ2) is 5.70. The van der Waals surface area contributed by atoms with Gasteiger partial charge in [0.25, 0.3) is 0 Å². The number of rotatable bonds is 3. The number of anilines is 1. The molecule has 2 nitrogen and oxygen atoms in total. The summed E-state index contributed by atoms with van der Waals surface area (Å²) in [5, 5.41) is 3.26. The van der Waals surface area contributed by atoms with E-state index in [0.29, 0.717) is 0 Å². The van der Waals surface area contributed by atoms with Gasteiger partial charge in [0.15, 0.2) is 0 Å². The van der Waals surface area contributed by atoms with Gasteiger partial charge in [0, 0.05) is 23.1 Å². The van der Waals surface area contributed by atoms with Crippen LogP contribution in [-0.2, 0) is 6.42 Å². The summed E-state index contributed by atoms with van der Waals surface area (Å²) < 4.78 is 0. The molecule has 0 saturated heterocycles. The molecule has 0 fully saturated rings. The molecule has 2 N–H and O–H groups in total. The first-order chi connectivity index (χ1) is 10.1. The molecular formula is C18H18N2S. The lowest BCUT2D eigenvalue weighted by Gasteiger charge is -2.03. The summed E-state index contributed by atoms with van der Waals surface area (Å²) >= 11 is 1.71. The van der Waals surface area contributed by atoms with Crippen LogP contribution in [-0.4, -0.2) is 4.98 Å². The van der Waals surface area contributed by atoms with Crippen molar-refractivity contribution in [3.63, 3.8) is 0 Å². The third-order valence-corrected chi connectivity index (χ3v) is 4.24. The van der Waals surface area contributed by atoms with Crippen molar-refractivity contribution >= 4 is 17.0 Å². The predicted molar refractivity (Wildman–Crippen MR) is 90.7 cm³/mol. The summed E-state index contributed by atoms with van der Waals surface area (Å²) in [6.45, 7) is 4.27. The van der Waals surface area contributed by atoms with Gasteiger partial charge in [-0.1, -0.05) is 41.5 Å². The molecule has 1 aromatic heterocycles. The van der Waals surface area contributed by atoms with Crippen molar-refractivity contribution in [2.75, 3.05) is 5.73 Å². The Bertz CT molecular complexity index is 737. The molecule has 0 saturated carbocycles. The number of aromatic nitrogens is 1. The Morgan fingerprint density at radius 2 is 1.67 bits per heavy atom. The van der Waals surface area contributed by atoms with Crippen LogP contribution in [0.3, 0.4) is 0 Å². The van der Waals surface area contributed by atoms with Crippen LogP contribution >= 0.6 is 11.3 Å². The monoisotopic (exact) mass is 294 g/mol. The molecule has 0 unspecified atom stereocenters. The molecule has 0 atom stereocenters. The van der Waals surface area contributed by atoms with Crippen LogP contribution in [0.25, 0.3) is 11.3 Å². The molecule has 0 aliphatic carbocycles. The highest BCUT2D eigenvalue weighted by Gasteiger charge is 2.06. The van der Waals surface area contributed by atoms with E-state index in [-0.39, 0.29) is 0 Å². The first-order valence-corrected chi connectivity index (χ1v) is 7.85. The molecule has 3 aromatic rings. The minimum Gasteiger partial charge on any atom is -0.399 e. The maximum Gasteiger partial charge on any atom is 0.0976 e. The Kier molecular flexibility index (Phi) is 3.76. The van der Waals surface area contributed by atoms with Crippen LogP contribution in [0.15, 0.2) is 47.8 Å². The number of benzene rings is 2. The summed E-state index contributed by atoms with van der Waals surface area (Å²) in [4.78, 5) is 4.74. The highest BCUT2D eigenvalue weighted by molar-refractivity contribution is 7.10. The van der Waals surface area contributed by atoms with E-state index in [2.05, 4.69) is 37.4 Å². The molecule has 106 valence electrons. The topological polar surface area (TPSA) is 38.9 Å². The second-order valence-electron chi connectivity index (χ2n) is 5.42. The van der Waals surface area contributed by atoms with Gasteiger partial charge in [0.05, 0.1) is 10.7 Å². The largest absolute Gasteiger partial charge is 0.399 e. The van der Waals surface area contributed by atoms with Gasteiger partial charge in [-0.15, -0.1) is 11.3 Å². The van der Waals surface area contributed by atoms with Crippen LogP contribution in [0.1, 0.15) is 21.7 Å². The van der Waals surface area contributed by atoms with Crippen molar-refractivity contribution in [1.29, 1.82) is 0 Å². The Hall–Kier alpha value is -2.13. The van der Waals surface area contributed by atoms with Crippen molar-refractivity contribution in [3.05, 3.63) is 69.5 Å². The Balaban J connectivity index is 1.83. The van der Waals surface area contributed by atoms with Gasteiger partial charge in [-0.25, -0.2) is 4.98 Å². The van der Waals surface area contributed by atoms with Crippen molar-refractivity contribution in [2.24, 2.45) is 0 Å². The fourth-order valence-electron chi connectivity index (χ4n) is 2.52. The lowest BCUT2D eigenvalue weighted by atomic mass is 10.1. The number of aryl methyl sites for hydroxylation is 2. The minimum atomic E-state index is 0.782. The van der Waals surface area contributed by atoms with Gasteiger partial charge in [-0.2, -0.15) is 0 Å². The quantitative estimate of drug-likeness (QED) is 0.717. The molecule has 0 bridgehead atoms. The number of nitrogens with zero attached hydrogens (tertiary/aromatic N) is 1. The van der Waals surface area contributed by atoms with Crippen LogP contribution in [0.4, 0.5) is 5.69 Å². The van der Waals surface area contributed by atoms with E-state index in [1.807, 2.05) is 24.3 Å².